The Kier molecular flexibility index (Phi) is 5.62. The Labute approximate surface area is 151 Å². The van der Waals surface area contributed by atoms with Crippen LogP contribution in [0.5, 0.6) is 0 Å². The lowest BCUT2D eigenvalue weighted by Crippen LogP contribution is -3.13. The van der Waals surface area contributed by atoms with Crippen LogP contribution in [0, 0.1) is 11.0 Å². The summed E-state index contributed by atoms with van der Waals surface area (Å²) >= 11 is 0. The van der Waals surface area contributed by atoms with E-state index in [1.165, 1.54) is 18.2 Å². The number of nitrogens with two attached hydrogens (primary N) is 1. The van der Waals surface area contributed by atoms with Gasteiger partial charge in [0, 0.05) is 5.69 Å². The predicted molar refractivity (Wildman–Crippen MR) is 89.3 cm³/mol. The number of halogens is 6. The third kappa shape index (κ3) is 4.45. The molecule has 0 bridgehead atoms. The van der Waals surface area contributed by atoms with Gasteiger partial charge in [0.05, 0.1) is 11.3 Å². The van der Waals surface area contributed by atoms with E-state index < -0.39 is 23.5 Å². The molecule has 0 amide bonds. The summed E-state index contributed by atoms with van der Waals surface area (Å²) in [7, 11) is 0. The molecule has 2 aromatic carbocycles. The Morgan fingerprint density at radius 3 is 2.15 bits per heavy atom. The minimum absolute atomic E-state index is 0.0292. The first-order valence-corrected chi connectivity index (χ1v) is 7.79. The van der Waals surface area contributed by atoms with Gasteiger partial charge in [0.1, 0.15) is 11.9 Å². The third-order valence-electron chi connectivity index (χ3n) is 3.74. The number of hydroxylamine groups is 1. The van der Waals surface area contributed by atoms with Gasteiger partial charge in [0.25, 0.3) is 0 Å². The van der Waals surface area contributed by atoms with Crippen molar-refractivity contribution < 1.29 is 31.5 Å². The smallest absolute Gasteiger partial charge is 0.458 e. The molecular weight excluding hydrogens is 376 g/mol. The molecule has 2 aromatic rings. The second-order valence-corrected chi connectivity index (χ2v) is 6.25. The maximum absolute atomic E-state index is 14.0. The second kappa shape index (κ2) is 7.28. The summed E-state index contributed by atoms with van der Waals surface area (Å²) in [6.07, 6.45) is -5.92. The Bertz CT molecular complexity index is 823. The predicted octanol–water partition coefficient (Wildman–Crippen LogP) is 3.85. The first-order chi connectivity index (χ1) is 12.3. The molecular formula is C17H17F6N3O. The van der Waals surface area contributed by atoms with Gasteiger partial charge in [-0.05, 0) is 55.3 Å². The van der Waals surface area contributed by atoms with Crippen LogP contribution >= 0.6 is 0 Å². The van der Waals surface area contributed by atoms with Gasteiger partial charge in [-0.3, -0.25) is 5.17 Å². The Hall–Kier alpha value is -2.46. The van der Waals surface area contributed by atoms with Gasteiger partial charge < -0.3 is 10.9 Å². The molecule has 4 N–H and O–H groups in total. The van der Waals surface area contributed by atoms with E-state index in [0.717, 1.165) is 6.07 Å². The average molecular weight is 393 g/mol. The lowest BCUT2D eigenvalue weighted by atomic mass is 9.99. The average Bonchev–Trinajstić information content (AvgIpc) is 2.52. The molecule has 0 saturated carbocycles. The minimum Gasteiger partial charge on any atom is -0.608 e. The van der Waals surface area contributed by atoms with Crippen LogP contribution in [-0.2, 0) is 5.92 Å². The largest absolute Gasteiger partial charge is 0.608 e. The number of hydrogen-bond donors (Lipinski definition) is 3. The quantitative estimate of drug-likeness (QED) is 0.411. The Balaban J connectivity index is 2.42. The first kappa shape index (κ1) is 20.8. The fourth-order valence-electron chi connectivity index (χ4n) is 2.28. The van der Waals surface area contributed by atoms with Crippen LogP contribution in [0.3, 0.4) is 0 Å². The van der Waals surface area contributed by atoms with Crippen LogP contribution in [0.2, 0.25) is 0 Å². The van der Waals surface area contributed by atoms with Crippen LogP contribution in [0.15, 0.2) is 36.4 Å². The fraction of sp³-hybridized carbons (Fsp3) is 0.294. The van der Waals surface area contributed by atoms with Crippen molar-refractivity contribution in [1.29, 1.82) is 0 Å². The van der Waals surface area contributed by atoms with Crippen molar-refractivity contribution in [3.8, 4) is 11.1 Å². The zero-order valence-corrected chi connectivity index (χ0v) is 14.3. The number of quaternary nitrogens is 1. The van der Waals surface area contributed by atoms with E-state index in [9.17, 15) is 31.5 Å². The number of hydrogen-bond acceptors (Lipinski definition) is 3. The molecule has 0 saturated heterocycles. The molecule has 1 atom stereocenters. The zero-order valence-electron chi connectivity index (χ0n) is 14.3. The molecule has 0 heterocycles. The van der Waals surface area contributed by atoms with Crippen molar-refractivity contribution in [3.05, 3.63) is 53.0 Å². The third-order valence-corrected chi connectivity index (χ3v) is 3.74. The van der Waals surface area contributed by atoms with E-state index in [-0.39, 0.29) is 33.7 Å². The second-order valence-electron chi connectivity index (χ2n) is 6.25. The first-order valence-electron chi connectivity index (χ1n) is 7.79. The van der Waals surface area contributed by atoms with Crippen LogP contribution < -0.4 is 16.3 Å². The van der Waals surface area contributed by atoms with Gasteiger partial charge in [0.15, 0.2) is 0 Å². The van der Waals surface area contributed by atoms with E-state index in [2.05, 4.69) is 5.43 Å². The van der Waals surface area contributed by atoms with Crippen molar-refractivity contribution in [2.24, 2.45) is 0 Å². The molecule has 0 radical (unpaired) electrons. The van der Waals surface area contributed by atoms with Gasteiger partial charge >= 0.3 is 12.1 Å². The minimum atomic E-state index is -5.92. The monoisotopic (exact) mass is 393 g/mol. The number of rotatable bonds is 5. The topological polar surface area (TPSA) is 65.5 Å². The van der Waals surface area contributed by atoms with E-state index in [1.54, 1.807) is 13.8 Å². The SMILES string of the molecule is CC(C)[NH+]([O-])Nc1cc(N)cc(-c2ccc(C(F)(F)C(F)(F)F)c(F)c2)c1. The van der Waals surface area contributed by atoms with Gasteiger partial charge in [0.2, 0.25) is 0 Å². The maximum Gasteiger partial charge on any atom is 0.458 e. The normalized spacial score (nSPS) is 13.7. The lowest BCUT2D eigenvalue weighted by Gasteiger charge is -2.27. The van der Waals surface area contributed by atoms with Crippen LogP contribution in [0.4, 0.5) is 37.7 Å². The number of anilines is 2. The summed E-state index contributed by atoms with van der Waals surface area (Å²) in [5, 5.41) is 11.5. The highest BCUT2D eigenvalue weighted by molar-refractivity contribution is 5.73. The van der Waals surface area contributed by atoms with Gasteiger partial charge in [-0.2, -0.15) is 22.0 Å². The molecule has 0 aliphatic carbocycles. The van der Waals surface area contributed by atoms with Gasteiger partial charge in [-0.25, -0.2) is 9.82 Å². The highest BCUT2D eigenvalue weighted by Gasteiger charge is 2.59. The molecule has 0 aliphatic rings. The van der Waals surface area contributed by atoms with Crippen molar-refractivity contribution in [3.63, 3.8) is 0 Å². The van der Waals surface area contributed by atoms with Crippen LogP contribution in [-0.4, -0.2) is 12.2 Å². The Morgan fingerprint density at radius 1 is 1.00 bits per heavy atom. The van der Waals surface area contributed by atoms with E-state index in [4.69, 9.17) is 5.73 Å². The highest BCUT2D eigenvalue weighted by atomic mass is 19.4. The molecule has 2 rings (SSSR count). The maximum atomic E-state index is 14.0. The molecule has 10 heteroatoms. The molecule has 0 aliphatic heterocycles. The summed E-state index contributed by atoms with van der Waals surface area (Å²) in [6.45, 7) is 3.33. The summed E-state index contributed by atoms with van der Waals surface area (Å²) in [5.41, 5.74) is 7.29. The van der Waals surface area contributed by atoms with E-state index >= 15 is 0 Å². The molecule has 27 heavy (non-hydrogen) atoms. The molecule has 1 unspecified atom stereocenters. The van der Waals surface area contributed by atoms with Crippen LogP contribution in [0.25, 0.3) is 11.1 Å². The van der Waals surface area contributed by atoms with Crippen LogP contribution in [0.1, 0.15) is 19.4 Å². The molecule has 148 valence electrons. The fourth-order valence-corrected chi connectivity index (χ4v) is 2.28. The summed E-state index contributed by atoms with van der Waals surface area (Å²) < 4.78 is 78.1. The summed E-state index contributed by atoms with van der Waals surface area (Å²) in [6, 6.07) is 5.78. The van der Waals surface area contributed by atoms with Crippen molar-refractivity contribution in [2.75, 3.05) is 11.2 Å². The zero-order chi connectivity index (χ0) is 20.6. The van der Waals surface area contributed by atoms with E-state index in [0.29, 0.717) is 12.1 Å². The number of benzene rings is 2. The van der Waals surface area contributed by atoms with Crippen molar-refractivity contribution >= 4 is 11.4 Å². The summed E-state index contributed by atoms with van der Waals surface area (Å²) in [4.78, 5) is 0. The standard InChI is InChI=1S/C17H17F6N3O/c1-9(2)26(27)25-13-6-11(5-12(24)8-13)10-3-4-14(15(18)7-10)16(19,20)17(21,22)23/h3-9,25-26H,24H2,1-2H3. The van der Waals surface area contributed by atoms with Crippen molar-refractivity contribution in [1.82, 2.24) is 0 Å². The number of alkyl halides is 5. The van der Waals surface area contributed by atoms with Gasteiger partial charge in [-0.15, -0.1) is 0 Å². The number of nitrogens with one attached hydrogen (secondary N) is 2. The highest BCUT2D eigenvalue weighted by Crippen LogP contribution is 2.45. The Morgan fingerprint density at radius 2 is 1.63 bits per heavy atom. The van der Waals surface area contributed by atoms with Gasteiger partial charge in [-0.1, -0.05) is 6.07 Å². The number of nitrogen functional groups attached to an aromatic ring is 1. The molecule has 0 fully saturated rings. The lowest BCUT2D eigenvalue weighted by molar-refractivity contribution is -0.847. The van der Waals surface area contributed by atoms with Crippen molar-refractivity contribution in [2.45, 2.75) is 32.0 Å². The summed E-state index contributed by atoms with van der Waals surface area (Å²) in [5.74, 6) is -7.02. The van der Waals surface area contributed by atoms with E-state index in [1.807, 2.05) is 0 Å². The molecule has 4 nitrogen and oxygen atoms in total. The molecule has 0 aromatic heterocycles. The molecule has 0 spiro atoms.